The molecule has 0 saturated heterocycles. The fourth-order valence-electron chi connectivity index (χ4n) is 1.08. The van der Waals surface area contributed by atoms with Crippen molar-refractivity contribution in [2.75, 3.05) is 6.54 Å². The molecule has 0 aliphatic rings. The molecule has 0 aromatic carbocycles. The molecule has 1 amide bonds. The summed E-state index contributed by atoms with van der Waals surface area (Å²) in [5.41, 5.74) is 0.410. The van der Waals surface area contributed by atoms with E-state index in [4.69, 9.17) is 5.11 Å². The Morgan fingerprint density at radius 1 is 1.47 bits per heavy atom. The third-order valence-corrected chi connectivity index (χ3v) is 1.85. The van der Waals surface area contributed by atoms with Gasteiger partial charge < -0.3 is 15.4 Å². The van der Waals surface area contributed by atoms with Crippen LogP contribution in [0, 0.1) is 0 Å². The molecule has 6 heteroatoms. The summed E-state index contributed by atoms with van der Waals surface area (Å²) in [5, 5.41) is 11.0. The lowest BCUT2D eigenvalue weighted by Gasteiger charge is -2.01. The van der Waals surface area contributed by atoms with Crippen LogP contribution < -0.4 is 5.32 Å². The number of carboxylic acids is 1. The minimum absolute atomic E-state index is 0.139. The fourth-order valence-corrected chi connectivity index (χ4v) is 1.08. The number of H-pyrrole nitrogens is 1. The molecule has 82 valence electrons. The van der Waals surface area contributed by atoms with E-state index < -0.39 is 5.97 Å². The number of nitrogens with zero attached hydrogens (tertiary/aromatic N) is 1. The van der Waals surface area contributed by atoms with Crippen LogP contribution in [0.1, 0.15) is 29.8 Å². The average Bonchev–Trinajstić information content (AvgIpc) is 2.69. The standard InChI is InChI=1S/C9H13N3O3/c13-8(14)3-1-2-4-11-9(15)7-5-10-6-12-7/h5-6H,1-4H2,(H,10,12)(H,11,15)(H,13,14). The van der Waals surface area contributed by atoms with Crippen molar-refractivity contribution in [3.05, 3.63) is 18.2 Å². The van der Waals surface area contributed by atoms with E-state index in [1.165, 1.54) is 12.5 Å². The molecule has 0 aliphatic heterocycles. The van der Waals surface area contributed by atoms with E-state index in [-0.39, 0.29) is 12.3 Å². The van der Waals surface area contributed by atoms with Gasteiger partial charge in [0.25, 0.3) is 5.91 Å². The van der Waals surface area contributed by atoms with Crippen molar-refractivity contribution in [2.24, 2.45) is 0 Å². The highest BCUT2D eigenvalue weighted by atomic mass is 16.4. The summed E-state index contributed by atoms with van der Waals surface area (Å²) in [6, 6.07) is 0. The van der Waals surface area contributed by atoms with Crippen LogP contribution in [0.3, 0.4) is 0 Å². The third-order valence-electron chi connectivity index (χ3n) is 1.85. The lowest BCUT2D eigenvalue weighted by molar-refractivity contribution is -0.137. The molecule has 15 heavy (non-hydrogen) atoms. The molecule has 1 heterocycles. The lowest BCUT2D eigenvalue weighted by Crippen LogP contribution is -2.24. The lowest BCUT2D eigenvalue weighted by atomic mass is 10.2. The largest absolute Gasteiger partial charge is 0.481 e. The number of aromatic amines is 1. The molecule has 0 bridgehead atoms. The van der Waals surface area contributed by atoms with Gasteiger partial charge in [-0.2, -0.15) is 0 Å². The second-order valence-corrected chi connectivity index (χ2v) is 3.07. The van der Waals surface area contributed by atoms with Gasteiger partial charge in [0.05, 0.1) is 12.5 Å². The summed E-state index contributed by atoms with van der Waals surface area (Å²) in [4.78, 5) is 27.9. The molecule has 1 aromatic heterocycles. The van der Waals surface area contributed by atoms with E-state index >= 15 is 0 Å². The van der Waals surface area contributed by atoms with Crippen LogP contribution in [0.4, 0.5) is 0 Å². The van der Waals surface area contributed by atoms with Crippen LogP contribution in [0.2, 0.25) is 0 Å². The Kier molecular flexibility index (Phi) is 4.33. The number of hydrogen-bond acceptors (Lipinski definition) is 3. The zero-order valence-corrected chi connectivity index (χ0v) is 8.19. The summed E-state index contributed by atoms with van der Waals surface area (Å²) < 4.78 is 0. The number of aliphatic carboxylic acids is 1. The van der Waals surface area contributed by atoms with Crippen LogP contribution in [-0.2, 0) is 4.79 Å². The van der Waals surface area contributed by atoms with E-state index in [0.717, 1.165) is 0 Å². The number of carboxylic acid groups (broad SMARTS) is 1. The molecule has 0 saturated carbocycles. The molecule has 0 aliphatic carbocycles. The minimum atomic E-state index is -0.810. The number of rotatable bonds is 6. The highest BCUT2D eigenvalue weighted by molar-refractivity contribution is 5.91. The van der Waals surface area contributed by atoms with Crippen LogP contribution in [0.15, 0.2) is 12.5 Å². The molecular weight excluding hydrogens is 198 g/mol. The Labute approximate surface area is 86.7 Å². The van der Waals surface area contributed by atoms with E-state index in [9.17, 15) is 9.59 Å². The number of hydrogen-bond donors (Lipinski definition) is 3. The first-order chi connectivity index (χ1) is 7.20. The Morgan fingerprint density at radius 2 is 2.27 bits per heavy atom. The molecule has 0 atom stereocenters. The van der Waals surface area contributed by atoms with E-state index in [2.05, 4.69) is 15.3 Å². The molecule has 0 spiro atoms. The van der Waals surface area contributed by atoms with Gasteiger partial charge >= 0.3 is 5.97 Å². The van der Waals surface area contributed by atoms with Crippen molar-refractivity contribution >= 4 is 11.9 Å². The highest BCUT2D eigenvalue weighted by Gasteiger charge is 2.05. The number of amides is 1. The number of carbonyl (C=O) groups excluding carboxylic acids is 1. The monoisotopic (exact) mass is 211 g/mol. The zero-order valence-electron chi connectivity index (χ0n) is 8.19. The van der Waals surface area contributed by atoms with Crippen molar-refractivity contribution in [1.29, 1.82) is 0 Å². The van der Waals surface area contributed by atoms with Gasteiger partial charge in [-0.3, -0.25) is 9.59 Å². The first kappa shape index (κ1) is 11.2. The van der Waals surface area contributed by atoms with Gasteiger partial charge in [-0.05, 0) is 12.8 Å². The van der Waals surface area contributed by atoms with E-state index in [1.54, 1.807) is 0 Å². The maximum absolute atomic E-state index is 11.3. The molecular formula is C9H13N3O3. The second-order valence-electron chi connectivity index (χ2n) is 3.07. The summed E-state index contributed by atoms with van der Waals surface area (Å²) >= 11 is 0. The van der Waals surface area contributed by atoms with Crippen molar-refractivity contribution < 1.29 is 14.7 Å². The van der Waals surface area contributed by atoms with Crippen molar-refractivity contribution in [1.82, 2.24) is 15.3 Å². The van der Waals surface area contributed by atoms with Crippen molar-refractivity contribution in [3.8, 4) is 0 Å². The Hall–Kier alpha value is -1.85. The number of carbonyl (C=O) groups is 2. The molecule has 0 unspecified atom stereocenters. The third kappa shape index (κ3) is 4.26. The van der Waals surface area contributed by atoms with Gasteiger partial charge in [0, 0.05) is 13.0 Å². The topological polar surface area (TPSA) is 95.1 Å². The molecule has 6 nitrogen and oxygen atoms in total. The number of unbranched alkanes of at least 4 members (excludes halogenated alkanes) is 1. The molecule has 3 N–H and O–H groups in total. The maximum atomic E-state index is 11.3. The number of imidazole rings is 1. The first-order valence-corrected chi connectivity index (χ1v) is 4.68. The van der Waals surface area contributed by atoms with Gasteiger partial charge in [-0.15, -0.1) is 0 Å². The average molecular weight is 211 g/mol. The molecule has 0 radical (unpaired) electrons. The van der Waals surface area contributed by atoms with Crippen molar-refractivity contribution in [3.63, 3.8) is 0 Å². The Bertz CT molecular complexity index is 321. The van der Waals surface area contributed by atoms with Gasteiger partial charge in [0.15, 0.2) is 0 Å². The predicted molar refractivity (Wildman–Crippen MR) is 52.4 cm³/mol. The summed E-state index contributed by atoms with van der Waals surface area (Å²) in [6.45, 7) is 0.477. The molecule has 0 fully saturated rings. The molecule has 1 rings (SSSR count). The van der Waals surface area contributed by atoms with Crippen LogP contribution >= 0.6 is 0 Å². The van der Waals surface area contributed by atoms with Gasteiger partial charge in [0.2, 0.25) is 0 Å². The summed E-state index contributed by atoms with van der Waals surface area (Å²) in [5.74, 6) is -1.03. The maximum Gasteiger partial charge on any atom is 0.303 e. The SMILES string of the molecule is O=C(O)CCCCNC(=O)c1cnc[nH]1. The van der Waals surface area contributed by atoms with Gasteiger partial charge in [-0.1, -0.05) is 0 Å². The zero-order chi connectivity index (χ0) is 11.1. The second kappa shape index (κ2) is 5.79. The van der Waals surface area contributed by atoms with E-state index in [0.29, 0.717) is 25.1 Å². The number of aromatic nitrogens is 2. The van der Waals surface area contributed by atoms with Gasteiger partial charge in [0.1, 0.15) is 5.69 Å². The summed E-state index contributed by atoms with van der Waals surface area (Å²) in [7, 11) is 0. The van der Waals surface area contributed by atoms with Crippen LogP contribution in [0.5, 0.6) is 0 Å². The highest BCUT2D eigenvalue weighted by Crippen LogP contribution is 1.95. The Morgan fingerprint density at radius 3 is 2.87 bits per heavy atom. The predicted octanol–water partition coefficient (Wildman–Crippen LogP) is 0.394. The van der Waals surface area contributed by atoms with Crippen LogP contribution in [0.25, 0.3) is 0 Å². The smallest absolute Gasteiger partial charge is 0.303 e. The van der Waals surface area contributed by atoms with Crippen molar-refractivity contribution in [2.45, 2.75) is 19.3 Å². The number of nitrogens with one attached hydrogen (secondary N) is 2. The summed E-state index contributed by atoms with van der Waals surface area (Å²) in [6.07, 6.45) is 4.23. The first-order valence-electron chi connectivity index (χ1n) is 4.68. The van der Waals surface area contributed by atoms with Crippen LogP contribution in [-0.4, -0.2) is 33.5 Å². The normalized spacial score (nSPS) is 9.87. The quantitative estimate of drug-likeness (QED) is 0.593. The van der Waals surface area contributed by atoms with E-state index in [1.807, 2.05) is 0 Å². The fraction of sp³-hybridized carbons (Fsp3) is 0.444. The minimum Gasteiger partial charge on any atom is -0.481 e. The Balaban J connectivity index is 2.10. The van der Waals surface area contributed by atoms with Gasteiger partial charge in [-0.25, -0.2) is 4.98 Å². The molecule has 1 aromatic rings.